The second-order valence-electron chi connectivity index (χ2n) is 2.19. The fourth-order valence-corrected chi connectivity index (χ4v) is 0.856. The second-order valence-corrected chi connectivity index (χ2v) is 2.19. The van der Waals surface area contributed by atoms with Crippen LogP contribution in [0.2, 0.25) is 0 Å². The van der Waals surface area contributed by atoms with E-state index < -0.39 is 0 Å². The summed E-state index contributed by atoms with van der Waals surface area (Å²) < 4.78 is 0. The van der Waals surface area contributed by atoms with Gasteiger partial charge in [-0.2, -0.15) is 0 Å². The minimum atomic E-state index is 0.0746. The van der Waals surface area contributed by atoms with E-state index in [-0.39, 0.29) is 5.78 Å². The van der Waals surface area contributed by atoms with Gasteiger partial charge in [0, 0.05) is 17.5 Å². The van der Waals surface area contributed by atoms with Gasteiger partial charge in [-0.15, -0.1) is 0 Å². The summed E-state index contributed by atoms with van der Waals surface area (Å²) in [6.07, 6.45) is 1.68. The number of carbonyl (C=O) groups excluding carboxylic acids is 1. The highest BCUT2D eigenvalue weighted by Crippen LogP contribution is 2.02. The summed E-state index contributed by atoms with van der Waals surface area (Å²) in [5, 5.41) is 0. The molecule has 2 nitrogen and oxygen atoms in total. The maximum Gasteiger partial charge on any atom is 0.161 e. The van der Waals surface area contributed by atoms with Crippen molar-refractivity contribution in [2.75, 3.05) is 0 Å². The van der Waals surface area contributed by atoms with E-state index in [0.29, 0.717) is 5.56 Å². The zero-order valence-electron chi connectivity index (χ0n) is 10.1. The molecule has 0 saturated heterocycles. The Morgan fingerprint density at radius 1 is 1.21 bits per heavy atom. The van der Waals surface area contributed by atoms with Crippen molar-refractivity contribution in [2.45, 2.75) is 41.5 Å². The number of aromatic nitrogens is 1. The molecule has 0 aliphatic rings. The van der Waals surface area contributed by atoms with Gasteiger partial charge in [0.15, 0.2) is 5.78 Å². The molecular formula is C12H21NO. The number of ketones is 1. The number of rotatable bonds is 1. The lowest BCUT2D eigenvalue weighted by atomic mass is 10.1. The molecule has 0 aliphatic carbocycles. The lowest BCUT2D eigenvalue weighted by Gasteiger charge is -1.96. The van der Waals surface area contributed by atoms with Crippen LogP contribution in [0.15, 0.2) is 18.3 Å². The van der Waals surface area contributed by atoms with Crippen LogP contribution >= 0.6 is 0 Å². The molecule has 0 fully saturated rings. The van der Waals surface area contributed by atoms with Crippen molar-refractivity contribution in [1.82, 2.24) is 4.98 Å². The molecular weight excluding hydrogens is 174 g/mol. The first kappa shape index (κ1) is 15.3. The van der Waals surface area contributed by atoms with Crippen molar-refractivity contribution < 1.29 is 4.79 Å². The van der Waals surface area contributed by atoms with E-state index in [1.165, 1.54) is 0 Å². The van der Waals surface area contributed by atoms with Crippen molar-refractivity contribution >= 4 is 5.78 Å². The van der Waals surface area contributed by atoms with E-state index in [0.717, 1.165) is 5.69 Å². The SMILES string of the molecule is CC.CC.CC(=O)c1cccnc1C. The van der Waals surface area contributed by atoms with Crippen LogP contribution in [-0.4, -0.2) is 10.8 Å². The average molecular weight is 195 g/mol. The Labute approximate surface area is 87.4 Å². The van der Waals surface area contributed by atoms with Gasteiger partial charge in [-0.1, -0.05) is 27.7 Å². The van der Waals surface area contributed by atoms with Gasteiger partial charge in [-0.05, 0) is 26.0 Å². The molecule has 0 aromatic carbocycles. The zero-order valence-corrected chi connectivity index (χ0v) is 10.1. The van der Waals surface area contributed by atoms with Gasteiger partial charge < -0.3 is 0 Å². The van der Waals surface area contributed by atoms with Crippen LogP contribution in [0.25, 0.3) is 0 Å². The van der Waals surface area contributed by atoms with Crippen LogP contribution < -0.4 is 0 Å². The molecule has 0 aliphatic heterocycles. The minimum absolute atomic E-state index is 0.0746. The molecule has 0 spiro atoms. The molecule has 1 heterocycles. The van der Waals surface area contributed by atoms with Crippen LogP contribution in [0.1, 0.15) is 50.7 Å². The fraction of sp³-hybridized carbons (Fsp3) is 0.500. The maximum absolute atomic E-state index is 10.8. The Bertz CT molecular complexity index is 256. The highest BCUT2D eigenvalue weighted by Gasteiger charge is 2.00. The summed E-state index contributed by atoms with van der Waals surface area (Å²) in [6.45, 7) is 11.4. The maximum atomic E-state index is 10.8. The number of aryl methyl sites for hydroxylation is 1. The normalized spacial score (nSPS) is 7.57. The molecule has 0 unspecified atom stereocenters. The summed E-state index contributed by atoms with van der Waals surface area (Å²) in [5.74, 6) is 0.0746. The van der Waals surface area contributed by atoms with Gasteiger partial charge >= 0.3 is 0 Å². The van der Waals surface area contributed by atoms with E-state index in [2.05, 4.69) is 4.98 Å². The molecule has 14 heavy (non-hydrogen) atoms. The van der Waals surface area contributed by atoms with Crippen LogP contribution in [0, 0.1) is 6.92 Å². The Morgan fingerprint density at radius 3 is 2.00 bits per heavy atom. The fourth-order valence-electron chi connectivity index (χ4n) is 0.856. The number of carbonyl (C=O) groups is 1. The first-order valence-corrected chi connectivity index (χ1v) is 5.14. The molecule has 80 valence electrons. The quantitative estimate of drug-likeness (QED) is 0.640. The highest BCUT2D eigenvalue weighted by atomic mass is 16.1. The molecule has 1 rings (SSSR count). The lowest BCUT2D eigenvalue weighted by molar-refractivity contribution is 0.101. The molecule has 0 radical (unpaired) electrons. The van der Waals surface area contributed by atoms with Gasteiger partial charge in [0.25, 0.3) is 0 Å². The van der Waals surface area contributed by atoms with Crippen molar-refractivity contribution in [3.8, 4) is 0 Å². The van der Waals surface area contributed by atoms with Crippen molar-refractivity contribution in [2.24, 2.45) is 0 Å². The van der Waals surface area contributed by atoms with E-state index in [4.69, 9.17) is 0 Å². The molecule has 0 atom stereocenters. The molecule has 2 heteroatoms. The van der Waals surface area contributed by atoms with Gasteiger partial charge in [0.1, 0.15) is 0 Å². The molecule has 0 bridgehead atoms. The van der Waals surface area contributed by atoms with Gasteiger partial charge in [0.2, 0.25) is 0 Å². The third-order valence-electron chi connectivity index (χ3n) is 1.39. The van der Waals surface area contributed by atoms with Crippen molar-refractivity contribution in [1.29, 1.82) is 0 Å². The first-order valence-electron chi connectivity index (χ1n) is 5.14. The minimum Gasteiger partial charge on any atom is -0.294 e. The summed E-state index contributed by atoms with van der Waals surface area (Å²) >= 11 is 0. The topological polar surface area (TPSA) is 30.0 Å². The van der Waals surface area contributed by atoms with Crippen LogP contribution in [0.3, 0.4) is 0 Å². The Hall–Kier alpha value is -1.18. The summed E-state index contributed by atoms with van der Waals surface area (Å²) in [4.78, 5) is 14.8. The molecule has 0 N–H and O–H groups in total. The largest absolute Gasteiger partial charge is 0.294 e. The Balaban J connectivity index is 0. The van der Waals surface area contributed by atoms with Gasteiger partial charge in [-0.25, -0.2) is 0 Å². The predicted molar refractivity (Wildman–Crippen MR) is 61.7 cm³/mol. The molecule has 1 aromatic heterocycles. The summed E-state index contributed by atoms with van der Waals surface area (Å²) in [5.41, 5.74) is 1.51. The van der Waals surface area contributed by atoms with E-state index >= 15 is 0 Å². The number of Topliss-reactive ketones (excluding diaryl/α,β-unsaturated/α-hetero) is 1. The summed E-state index contributed by atoms with van der Waals surface area (Å²) in [7, 11) is 0. The van der Waals surface area contributed by atoms with E-state index in [9.17, 15) is 4.79 Å². The Morgan fingerprint density at radius 2 is 1.71 bits per heavy atom. The average Bonchev–Trinajstić information content (AvgIpc) is 2.24. The third kappa shape index (κ3) is 5.46. The highest BCUT2D eigenvalue weighted by molar-refractivity contribution is 5.94. The number of nitrogens with zero attached hydrogens (tertiary/aromatic N) is 1. The summed E-state index contributed by atoms with van der Waals surface area (Å²) in [6, 6.07) is 3.55. The molecule has 1 aromatic rings. The number of pyridine rings is 1. The third-order valence-corrected chi connectivity index (χ3v) is 1.39. The van der Waals surface area contributed by atoms with Gasteiger partial charge in [0.05, 0.1) is 0 Å². The number of hydrogen-bond donors (Lipinski definition) is 0. The van der Waals surface area contributed by atoms with Crippen LogP contribution in [0.5, 0.6) is 0 Å². The van der Waals surface area contributed by atoms with E-state index in [1.54, 1.807) is 25.3 Å². The lowest BCUT2D eigenvalue weighted by Crippen LogP contribution is -1.96. The second kappa shape index (κ2) is 9.90. The van der Waals surface area contributed by atoms with Crippen molar-refractivity contribution in [3.05, 3.63) is 29.6 Å². The molecule has 0 amide bonds. The standard InChI is InChI=1S/C8H9NO.2C2H6/c1-6-8(7(2)10)4-3-5-9-6;2*1-2/h3-5H,1-2H3;2*1-2H3. The van der Waals surface area contributed by atoms with Crippen molar-refractivity contribution in [3.63, 3.8) is 0 Å². The van der Waals surface area contributed by atoms with Crippen LogP contribution in [-0.2, 0) is 0 Å². The smallest absolute Gasteiger partial charge is 0.161 e. The first-order chi connectivity index (χ1) is 6.72. The Kier molecular flexibility index (Phi) is 10.8. The van der Waals surface area contributed by atoms with Crippen LogP contribution in [0.4, 0.5) is 0 Å². The van der Waals surface area contributed by atoms with E-state index in [1.807, 2.05) is 34.6 Å². The predicted octanol–water partition coefficient (Wildman–Crippen LogP) is 3.65. The number of hydrogen-bond acceptors (Lipinski definition) is 2. The van der Waals surface area contributed by atoms with Gasteiger partial charge in [-0.3, -0.25) is 9.78 Å². The monoisotopic (exact) mass is 195 g/mol. The molecule has 0 saturated carbocycles. The zero-order chi connectivity index (χ0) is 11.6.